The summed E-state index contributed by atoms with van der Waals surface area (Å²) in [5, 5.41) is 23.8. The van der Waals surface area contributed by atoms with Crippen molar-refractivity contribution in [2.75, 3.05) is 18.1 Å². The van der Waals surface area contributed by atoms with Crippen molar-refractivity contribution in [3.8, 4) is 0 Å². The Kier molecular flexibility index (Phi) is 4.62. The molecule has 2 atom stereocenters. The molecule has 1 aromatic heterocycles. The van der Waals surface area contributed by atoms with Gasteiger partial charge in [-0.1, -0.05) is 0 Å². The molecule has 150 valence electrons. The number of hydrogen-bond donors (Lipinski definition) is 4. The summed E-state index contributed by atoms with van der Waals surface area (Å²) in [6.45, 7) is 6.69. The monoisotopic (exact) mass is 402 g/mol. The number of aliphatic hydroxyl groups is 1. The van der Waals surface area contributed by atoms with Crippen LogP contribution in [0.15, 0.2) is 45.6 Å². The molecule has 4 N–H and O–H groups in total. The highest BCUT2D eigenvalue weighted by Gasteiger charge is 2.43. The molecule has 0 aliphatic carbocycles. The molecule has 0 saturated carbocycles. The number of aromatic nitrogens is 2. The van der Waals surface area contributed by atoms with Gasteiger partial charge in [-0.15, -0.1) is 0 Å². The maximum absolute atomic E-state index is 9.33. The number of nitrogens with one attached hydrogen (secondary N) is 3. The van der Waals surface area contributed by atoms with Gasteiger partial charge >= 0.3 is 0 Å². The van der Waals surface area contributed by atoms with Gasteiger partial charge in [0, 0.05) is 50.1 Å². The molecule has 0 aromatic carbocycles. The van der Waals surface area contributed by atoms with Crippen molar-refractivity contribution >= 4 is 29.3 Å². The Labute approximate surface area is 168 Å². The van der Waals surface area contributed by atoms with Crippen LogP contribution in [0, 0.1) is 0 Å². The van der Waals surface area contributed by atoms with Crippen molar-refractivity contribution in [1.82, 2.24) is 25.7 Å². The number of aliphatic imine (C=N–C) groups is 1. The Morgan fingerprint density at radius 1 is 1.43 bits per heavy atom. The first kappa shape index (κ1) is 18.9. The minimum absolute atomic E-state index is 0.0377. The summed E-state index contributed by atoms with van der Waals surface area (Å²) >= 11 is 1.49. The third kappa shape index (κ3) is 3.37. The van der Waals surface area contributed by atoms with E-state index in [9.17, 15) is 5.11 Å². The smallest absolute Gasteiger partial charge is 0.199 e. The highest BCUT2D eigenvalue weighted by Crippen LogP contribution is 2.39. The van der Waals surface area contributed by atoms with E-state index in [0.29, 0.717) is 12.5 Å². The summed E-state index contributed by atoms with van der Waals surface area (Å²) in [5.41, 5.74) is 2.61. The molecule has 0 amide bonds. The van der Waals surface area contributed by atoms with Crippen molar-refractivity contribution in [2.24, 2.45) is 16.4 Å². The normalized spacial score (nSPS) is 30.4. The Hall–Kier alpha value is -2.46. The van der Waals surface area contributed by atoms with Crippen LogP contribution in [0.1, 0.15) is 27.2 Å². The number of rotatable bonds is 5. The molecule has 9 nitrogen and oxygen atoms in total. The van der Waals surface area contributed by atoms with Crippen LogP contribution in [0.25, 0.3) is 0 Å². The fourth-order valence-electron chi connectivity index (χ4n) is 3.69. The van der Waals surface area contributed by atoms with E-state index in [1.54, 1.807) is 4.68 Å². The third-order valence-corrected chi connectivity index (χ3v) is 5.89. The van der Waals surface area contributed by atoms with Gasteiger partial charge in [0.05, 0.1) is 24.2 Å². The molecule has 3 aliphatic heterocycles. The predicted octanol–water partition coefficient (Wildman–Crippen LogP) is 1.04. The number of aryl methyl sites for hydroxylation is 1. The van der Waals surface area contributed by atoms with Crippen LogP contribution < -0.4 is 20.9 Å². The van der Waals surface area contributed by atoms with E-state index in [1.807, 2.05) is 32.6 Å². The minimum Gasteiger partial charge on any atom is -0.395 e. The van der Waals surface area contributed by atoms with E-state index in [2.05, 4.69) is 50.3 Å². The highest BCUT2D eigenvalue weighted by molar-refractivity contribution is 7.99. The summed E-state index contributed by atoms with van der Waals surface area (Å²) in [7, 11) is 1.90. The van der Waals surface area contributed by atoms with Gasteiger partial charge in [-0.05, 0) is 26.8 Å². The van der Waals surface area contributed by atoms with E-state index in [4.69, 9.17) is 4.99 Å². The van der Waals surface area contributed by atoms with Gasteiger partial charge < -0.3 is 26.0 Å². The fraction of sp³-hybridized carbons (Fsp3) is 0.500. The number of aliphatic hydroxyl groups excluding tert-OH is 1. The van der Waals surface area contributed by atoms with Gasteiger partial charge in [0.25, 0.3) is 0 Å². The molecule has 4 heterocycles. The summed E-state index contributed by atoms with van der Waals surface area (Å²) in [6.07, 6.45) is 8.75. The van der Waals surface area contributed by atoms with Crippen LogP contribution in [0.4, 0.5) is 5.69 Å². The van der Waals surface area contributed by atoms with Crippen LogP contribution in [-0.4, -0.2) is 50.1 Å². The van der Waals surface area contributed by atoms with Crippen molar-refractivity contribution in [3.63, 3.8) is 0 Å². The number of fused-ring (bicyclic) bond motifs is 1. The molecule has 0 saturated heterocycles. The molecule has 2 unspecified atom stereocenters. The van der Waals surface area contributed by atoms with Crippen LogP contribution in [0.5, 0.6) is 0 Å². The lowest BCUT2D eigenvalue weighted by Crippen LogP contribution is -2.59. The van der Waals surface area contributed by atoms with E-state index in [-0.39, 0.29) is 11.5 Å². The number of nitrogens with zero attached hydrogens (tertiary/aromatic N) is 5. The topological polar surface area (TPSA) is 102 Å². The third-order valence-electron chi connectivity index (χ3n) is 4.86. The molecular weight excluding hydrogens is 376 g/mol. The van der Waals surface area contributed by atoms with Gasteiger partial charge in [0.15, 0.2) is 5.96 Å². The predicted molar refractivity (Wildman–Crippen MR) is 113 cm³/mol. The van der Waals surface area contributed by atoms with E-state index in [1.165, 1.54) is 11.9 Å². The highest BCUT2D eigenvalue weighted by atomic mass is 32.2. The van der Waals surface area contributed by atoms with Crippen molar-refractivity contribution in [2.45, 2.75) is 37.6 Å². The fourth-order valence-corrected chi connectivity index (χ4v) is 4.51. The average Bonchev–Trinajstić information content (AvgIpc) is 3.29. The van der Waals surface area contributed by atoms with Crippen LogP contribution >= 0.6 is 11.9 Å². The van der Waals surface area contributed by atoms with Gasteiger partial charge in [-0.3, -0.25) is 4.68 Å². The van der Waals surface area contributed by atoms with E-state index in [0.717, 1.165) is 29.3 Å². The van der Waals surface area contributed by atoms with Crippen molar-refractivity contribution in [1.29, 1.82) is 0 Å². The number of guanidine groups is 1. The second kappa shape index (κ2) is 6.85. The molecule has 0 bridgehead atoms. The van der Waals surface area contributed by atoms with Gasteiger partial charge in [-0.25, -0.2) is 9.39 Å². The average molecular weight is 403 g/mol. The van der Waals surface area contributed by atoms with Crippen LogP contribution in [0.2, 0.25) is 0 Å². The van der Waals surface area contributed by atoms with Crippen molar-refractivity contribution in [3.05, 3.63) is 36.2 Å². The first-order valence-corrected chi connectivity index (χ1v) is 10.0. The van der Waals surface area contributed by atoms with Gasteiger partial charge in [0.2, 0.25) is 0 Å². The Morgan fingerprint density at radius 2 is 2.25 bits per heavy atom. The Balaban J connectivity index is 1.70. The second-order valence-corrected chi connectivity index (χ2v) is 8.86. The van der Waals surface area contributed by atoms with E-state index < -0.39 is 5.54 Å². The first-order valence-electron chi connectivity index (χ1n) is 9.25. The molecule has 10 heteroatoms. The molecule has 3 aliphatic rings. The first-order chi connectivity index (χ1) is 13.3. The number of hydrogen-bond acceptors (Lipinski definition) is 7. The molecule has 0 radical (unpaired) electrons. The minimum atomic E-state index is -0.451. The molecule has 1 aromatic rings. The lowest BCUT2D eigenvalue weighted by atomic mass is 9.97. The van der Waals surface area contributed by atoms with Crippen molar-refractivity contribution < 1.29 is 5.11 Å². The summed E-state index contributed by atoms with van der Waals surface area (Å²) in [4.78, 5) is 6.67. The Bertz CT molecular complexity index is 903. The van der Waals surface area contributed by atoms with Crippen LogP contribution in [0.3, 0.4) is 0 Å². The summed E-state index contributed by atoms with van der Waals surface area (Å²) < 4.78 is 6.21. The lowest BCUT2D eigenvalue weighted by Gasteiger charge is -2.39. The maximum Gasteiger partial charge on any atom is 0.199 e. The summed E-state index contributed by atoms with van der Waals surface area (Å²) in [6, 6.07) is 0. The standard InChI is InChI=1S/C18H26N8OS/c1-12-9-18(3,28-24-12)23-16-21-15(19-6-8-27)14-17(2,22-16)5-7-26(14)13-10-20-25(4)11-13/h5,7,10-11,19,27H,6,8-9H2,1-4H3,(H2,21,22,23). The Morgan fingerprint density at radius 3 is 2.89 bits per heavy atom. The molecule has 0 fully saturated rings. The molecule has 0 spiro atoms. The van der Waals surface area contributed by atoms with Gasteiger partial charge in [-0.2, -0.15) is 5.10 Å². The molecule has 28 heavy (non-hydrogen) atoms. The molecule has 4 rings (SSSR count). The number of anilines is 1. The van der Waals surface area contributed by atoms with Crippen LogP contribution in [-0.2, 0) is 7.05 Å². The zero-order valence-electron chi connectivity index (χ0n) is 16.5. The largest absolute Gasteiger partial charge is 0.395 e. The second-order valence-electron chi connectivity index (χ2n) is 7.61. The molecular formula is C18H26N8OS. The zero-order chi connectivity index (χ0) is 19.9. The SMILES string of the molecule is CC1=NSC(C)(/N=C2\NC(NCCO)=C3N(c4cnn(C)c4)C=CC3(C)N2)C1. The summed E-state index contributed by atoms with van der Waals surface area (Å²) in [5.74, 6) is 1.50. The van der Waals surface area contributed by atoms with Gasteiger partial charge in [0.1, 0.15) is 16.2 Å². The maximum atomic E-state index is 9.33. The van der Waals surface area contributed by atoms with E-state index >= 15 is 0 Å². The lowest BCUT2D eigenvalue weighted by molar-refractivity contribution is 0.295. The zero-order valence-corrected chi connectivity index (χ0v) is 17.3. The quantitative estimate of drug-likeness (QED) is 0.546.